The third-order valence-corrected chi connectivity index (χ3v) is 4.90. The van der Waals surface area contributed by atoms with Gasteiger partial charge in [0, 0.05) is 13.0 Å². The molecule has 2 atom stereocenters. The predicted octanol–water partition coefficient (Wildman–Crippen LogP) is 2.71. The Kier molecular flexibility index (Phi) is 3.66. The largest absolute Gasteiger partial charge is 0.309 e. The van der Waals surface area contributed by atoms with Crippen LogP contribution in [0, 0.1) is 10.8 Å². The van der Waals surface area contributed by atoms with E-state index < -0.39 is 0 Å². The number of nitrogens with zero attached hydrogens (tertiary/aromatic N) is 1. The fourth-order valence-corrected chi connectivity index (χ4v) is 3.40. The van der Waals surface area contributed by atoms with Gasteiger partial charge in [0.2, 0.25) is 0 Å². The number of hydrogen-bond acceptors (Lipinski definition) is 2. The van der Waals surface area contributed by atoms with Gasteiger partial charge in [0.25, 0.3) is 0 Å². The molecule has 0 heterocycles. The van der Waals surface area contributed by atoms with Crippen molar-refractivity contribution in [1.29, 1.82) is 0 Å². The first kappa shape index (κ1) is 13.2. The molecule has 1 rings (SSSR count). The van der Waals surface area contributed by atoms with Crippen LogP contribution in [0.25, 0.3) is 0 Å². The summed E-state index contributed by atoms with van der Waals surface area (Å²) < 4.78 is 0. The van der Waals surface area contributed by atoms with E-state index in [4.69, 9.17) is 0 Å². The molecule has 0 N–H and O–H groups in total. The molecule has 0 saturated heterocycles. The van der Waals surface area contributed by atoms with Gasteiger partial charge in [0.05, 0.1) is 4.83 Å². The summed E-state index contributed by atoms with van der Waals surface area (Å²) in [4.78, 5) is 14.1. The van der Waals surface area contributed by atoms with Crippen LogP contribution in [0.4, 0.5) is 0 Å². The molecule has 2 nitrogen and oxygen atoms in total. The van der Waals surface area contributed by atoms with Crippen LogP contribution in [-0.2, 0) is 4.79 Å². The lowest BCUT2D eigenvalue weighted by Crippen LogP contribution is -2.48. The number of Topliss-reactive ketones (excluding diaryl/α,β-unsaturated/α-hetero) is 1. The second-order valence-corrected chi connectivity index (χ2v) is 7.14. The number of carbonyl (C=O) groups is 1. The highest BCUT2D eigenvalue weighted by atomic mass is 79.9. The molecule has 0 bridgehead atoms. The van der Waals surface area contributed by atoms with Crippen LogP contribution in [0.5, 0.6) is 0 Å². The van der Waals surface area contributed by atoms with Gasteiger partial charge in [-0.15, -0.1) is 0 Å². The summed E-state index contributed by atoms with van der Waals surface area (Å²) in [6, 6.07) is 0. The highest BCUT2D eigenvalue weighted by Crippen LogP contribution is 2.47. The Hall–Kier alpha value is 0.110. The van der Waals surface area contributed by atoms with Crippen molar-refractivity contribution in [1.82, 2.24) is 4.90 Å². The van der Waals surface area contributed by atoms with E-state index in [1.807, 2.05) is 0 Å². The summed E-state index contributed by atoms with van der Waals surface area (Å²) >= 11 is 3.53. The van der Waals surface area contributed by atoms with Gasteiger partial charge >= 0.3 is 0 Å². The third kappa shape index (κ3) is 3.04. The van der Waals surface area contributed by atoms with E-state index in [2.05, 4.69) is 55.7 Å². The normalized spacial score (nSPS) is 35.9. The fraction of sp³-hybridized carbons (Fsp3) is 0.917. The third-order valence-electron chi connectivity index (χ3n) is 3.15. The number of alkyl halides is 1. The Bertz CT molecular complexity index is 262. The van der Waals surface area contributed by atoms with Crippen LogP contribution in [0.1, 0.15) is 33.6 Å². The molecule has 1 saturated carbocycles. The molecule has 0 spiro atoms. The van der Waals surface area contributed by atoms with Crippen molar-refractivity contribution in [3.63, 3.8) is 0 Å². The molecule has 0 aromatic rings. The highest BCUT2D eigenvalue weighted by Gasteiger charge is 2.46. The van der Waals surface area contributed by atoms with Crippen LogP contribution in [0.2, 0.25) is 0 Å². The first-order chi connectivity index (χ1) is 6.66. The second-order valence-electron chi connectivity index (χ2n) is 6.22. The van der Waals surface area contributed by atoms with E-state index in [0.29, 0.717) is 12.2 Å². The maximum atomic E-state index is 11.9. The standard InChI is InChI=1S/C12H22BrNO/c1-11(2)7-12(3,8-14(4)5)6-9(15)10(11)13/h10H,6-8H2,1-5H3. The van der Waals surface area contributed by atoms with Gasteiger partial charge in [-0.25, -0.2) is 0 Å². The topological polar surface area (TPSA) is 20.3 Å². The van der Waals surface area contributed by atoms with Crippen molar-refractivity contribution in [3.8, 4) is 0 Å². The average molecular weight is 276 g/mol. The van der Waals surface area contributed by atoms with Crippen molar-refractivity contribution in [2.45, 2.75) is 38.4 Å². The zero-order valence-corrected chi connectivity index (χ0v) is 12.0. The molecule has 88 valence electrons. The smallest absolute Gasteiger partial charge is 0.147 e. The number of ketones is 1. The van der Waals surface area contributed by atoms with Crippen molar-refractivity contribution in [3.05, 3.63) is 0 Å². The van der Waals surface area contributed by atoms with E-state index in [9.17, 15) is 4.79 Å². The maximum absolute atomic E-state index is 11.9. The van der Waals surface area contributed by atoms with E-state index in [1.165, 1.54) is 0 Å². The zero-order chi connectivity index (χ0) is 11.9. The number of rotatable bonds is 2. The second kappa shape index (κ2) is 4.17. The molecule has 1 aliphatic rings. The summed E-state index contributed by atoms with van der Waals surface area (Å²) in [7, 11) is 4.14. The molecule has 0 aromatic carbocycles. The monoisotopic (exact) mass is 275 g/mol. The van der Waals surface area contributed by atoms with Gasteiger partial charge < -0.3 is 4.90 Å². The van der Waals surface area contributed by atoms with Crippen molar-refractivity contribution < 1.29 is 4.79 Å². The van der Waals surface area contributed by atoms with Crippen LogP contribution in [0.3, 0.4) is 0 Å². The van der Waals surface area contributed by atoms with Crippen molar-refractivity contribution >= 4 is 21.7 Å². The summed E-state index contributed by atoms with van der Waals surface area (Å²) in [6.45, 7) is 7.57. The van der Waals surface area contributed by atoms with E-state index in [1.54, 1.807) is 0 Å². The minimum atomic E-state index is 0.0280. The molecular formula is C12H22BrNO. The van der Waals surface area contributed by atoms with E-state index in [-0.39, 0.29) is 15.7 Å². The number of halogens is 1. The van der Waals surface area contributed by atoms with E-state index >= 15 is 0 Å². The molecular weight excluding hydrogens is 254 g/mol. The lowest BCUT2D eigenvalue weighted by Gasteiger charge is -2.45. The molecule has 15 heavy (non-hydrogen) atoms. The SMILES string of the molecule is CN(C)CC1(C)CC(=O)C(Br)C(C)(C)C1. The summed E-state index contributed by atoms with van der Waals surface area (Å²) in [5.41, 5.74) is 0.203. The maximum Gasteiger partial charge on any atom is 0.147 e. The minimum Gasteiger partial charge on any atom is -0.309 e. The predicted molar refractivity (Wildman–Crippen MR) is 67.4 cm³/mol. The summed E-state index contributed by atoms with van der Waals surface area (Å²) in [5.74, 6) is 0.357. The molecule has 3 heteroatoms. The van der Waals surface area contributed by atoms with Gasteiger partial charge in [-0.3, -0.25) is 4.79 Å². The molecule has 0 radical (unpaired) electrons. The molecule has 2 unspecified atom stereocenters. The number of carbonyl (C=O) groups excluding carboxylic acids is 1. The summed E-state index contributed by atoms with van der Waals surface area (Å²) in [5, 5.41) is 0. The van der Waals surface area contributed by atoms with Crippen LogP contribution in [-0.4, -0.2) is 36.2 Å². The fourth-order valence-electron chi connectivity index (χ4n) is 3.07. The lowest BCUT2D eigenvalue weighted by atomic mass is 9.64. The van der Waals surface area contributed by atoms with Crippen molar-refractivity contribution in [2.75, 3.05) is 20.6 Å². The minimum absolute atomic E-state index is 0.0280. The van der Waals surface area contributed by atoms with Crippen LogP contribution in [0.15, 0.2) is 0 Å². The molecule has 0 amide bonds. The summed E-state index contributed by atoms with van der Waals surface area (Å²) in [6.07, 6.45) is 1.80. The van der Waals surface area contributed by atoms with Gasteiger partial charge in [0.15, 0.2) is 0 Å². The van der Waals surface area contributed by atoms with Gasteiger partial charge in [-0.2, -0.15) is 0 Å². The average Bonchev–Trinajstić information content (AvgIpc) is 1.96. The van der Waals surface area contributed by atoms with E-state index in [0.717, 1.165) is 13.0 Å². The highest BCUT2D eigenvalue weighted by molar-refractivity contribution is 9.10. The Morgan fingerprint density at radius 3 is 2.33 bits per heavy atom. The van der Waals surface area contributed by atoms with Crippen LogP contribution >= 0.6 is 15.9 Å². The quantitative estimate of drug-likeness (QED) is 0.723. The van der Waals surface area contributed by atoms with Gasteiger partial charge in [-0.05, 0) is 31.3 Å². The Balaban J connectivity index is 2.83. The Morgan fingerprint density at radius 2 is 1.93 bits per heavy atom. The van der Waals surface area contributed by atoms with Crippen LogP contribution < -0.4 is 0 Å². The first-order valence-corrected chi connectivity index (χ1v) is 6.39. The Labute approximate surface area is 102 Å². The Morgan fingerprint density at radius 1 is 1.40 bits per heavy atom. The molecule has 0 aliphatic heterocycles. The molecule has 0 aromatic heterocycles. The molecule has 1 aliphatic carbocycles. The number of hydrogen-bond donors (Lipinski definition) is 0. The lowest BCUT2D eigenvalue weighted by molar-refractivity contribution is -0.126. The van der Waals surface area contributed by atoms with Crippen molar-refractivity contribution in [2.24, 2.45) is 10.8 Å². The zero-order valence-electron chi connectivity index (χ0n) is 10.4. The van der Waals surface area contributed by atoms with Gasteiger partial charge in [0.1, 0.15) is 5.78 Å². The van der Waals surface area contributed by atoms with Gasteiger partial charge in [-0.1, -0.05) is 36.7 Å². The molecule has 1 fully saturated rings. The first-order valence-electron chi connectivity index (χ1n) is 5.48.